The molecule has 2 saturated heterocycles. The number of carbonyl (C=O) groups excluding carboxylic acids is 1. The number of piperidine rings is 1. The van der Waals surface area contributed by atoms with Crippen molar-refractivity contribution in [2.75, 3.05) is 66.2 Å². The largest absolute Gasteiger partial charge is 0.384 e. The van der Waals surface area contributed by atoms with Crippen LogP contribution in [0.25, 0.3) is 0 Å². The van der Waals surface area contributed by atoms with Crippen molar-refractivity contribution in [1.82, 2.24) is 15.5 Å². The number of rotatable bonds is 7. The summed E-state index contributed by atoms with van der Waals surface area (Å²) in [6.07, 6.45) is 8.08. The molecule has 1 amide bonds. The molecule has 2 N–H and O–H groups in total. The molecule has 0 radical (unpaired) electrons. The summed E-state index contributed by atoms with van der Waals surface area (Å²) in [5.41, 5.74) is -0.124. The summed E-state index contributed by atoms with van der Waals surface area (Å²) in [6, 6.07) is 0. The number of hydrogen-bond donors (Lipinski definition) is 2. The average Bonchev–Trinajstić information content (AvgIpc) is 2.69. The summed E-state index contributed by atoms with van der Waals surface area (Å²) in [6.45, 7) is 7.95. The maximum Gasteiger partial charge on any atom is 0.228 e. The summed E-state index contributed by atoms with van der Waals surface area (Å²) in [5.74, 6) is 0.202. The van der Waals surface area contributed by atoms with Crippen LogP contribution in [0.1, 0.15) is 44.9 Å². The van der Waals surface area contributed by atoms with Gasteiger partial charge in [-0.3, -0.25) is 9.69 Å². The number of methoxy groups -OCH3 is 1. The van der Waals surface area contributed by atoms with Gasteiger partial charge in [0.05, 0.1) is 25.2 Å². The van der Waals surface area contributed by atoms with Gasteiger partial charge >= 0.3 is 0 Å². The van der Waals surface area contributed by atoms with Crippen LogP contribution in [-0.4, -0.2) is 77.0 Å². The highest BCUT2D eigenvalue weighted by atomic mass is 35.5. The first-order chi connectivity index (χ1) is 12.7. The predicted molar refractivity (Wildman–Crippen MR) is 117 cm³/mol. The van der Waals surface area contributed by atoms with Gasteiger partial charge in [-0.1, -0.05) is 19.3 Å². The summed E-state index contributed by atoms with van der Waals surface area (Å²) in [7, 11) is 1.71. The van der Waals surface area contributed by atoms with Gasteiger partial charge in [0.2, 0.25) is 5.91 Å². The molecule has 3 fully saturated rings. The fourth-order valence-electron chi connectivity index (χ4n) is 5.00. The molecule has 3 rings (SSSR count). The van der Waals surface area contributed by atoms with Crippen LogP contribution in [0.15, 0.2) is 0 Å². The van der Waals surface area contributed by atoms with Gasteiger partial charge in [0.1, 0.15) is 0 Å². The van der Waals surface area contributed by atoms with Crippen molar-refractivity contribution in [2.45, 2.75) is 44.9 Å². The minimum Gasteiger partial charge on any atom is -0.384 e. The lowest BCUT2D eigenvalue weighted by atomic mass is 9.72. The molecular weight excluding hydrogens is 401 g/mol. The van der Waals surface area contributed by atoms with Crippen molar-refractivity contribution in [3.8, 4) is 0 Å². The molecule has 3 aliphatic rings. The fraction of sp³-hybridized carbons (Fsp3) is 0.950. The maximum atomic E-state index is 13.1. The minimum atomic E-state index is -0.352. The molecule has 2 heterocycles. The monoisotopic (exact) mass is 439 g/mol. The van der Waals surface area contributed by atoms with Crippen molar-refractivity contribution in [3.05, 3.63) is 0 Å². The Morgan fingerprint density at radius 1 is 1.07 bits per heavy atom. The number of amides is 1. The van der Waals surface area contributed by atoms with Gasteiger partial charge in [-0.25, -0.2) is 0 Å². The molecule has 8 heteroatoms. The summed E-state index contributed by atoms with van der Waals surface area (Å²) < 4.78 is 10.9. The maximum absolute atomic E-state index is 13.1. The number of nitrogens with zero attached hydrogens (tertiary/aromatic N) is 1. The number of hydrogen-bond acceptors (Lipinski definition) is 5. The zero-order chi connectivity index (χ0) is 18.3. The van der Waals surface area contributed by atoms with E-state index in [4.69, 9.17) is 9.47 Å². The number of carbonyl (C=O) groups is 1. The highest BCUT2D eigenvalue weighted by molar-refractivity contribution is 5.85. The van der Waals surface area contributed by atoms with Crippen LogP contribution >= 0.6 is 24.8 Å². The van der Waals surface area contributed by atoms with Gasteiger partial charge in [-0.2, -0.15) is 0 Å². The van der Waals surface area contributed by atoms with Crippen molar-refractivity contribution < 1.29 is 14.3 Å². The Labute approximate surface area is 182 Å². The third-order valence-corrected chi connectivity index (χ3v) is 6.66. The zero-order valence-electron chi connectivity index (χ0n) is 17.3. The predicted octanol–water partition coefficient (Wildman–Crippen LogP) is 2.25. The number of nitrogens with one attached hydrogen (secondary N) is 2. The van der Waals surface area contributed by atoms with E-state index in [1.807, 2.05) is 0 Å². The van der Waals surface area contributed by atoms with Gasteiger partial charge in [-0.05, 0) is 38.8 Å². The smallest absolute Gasteiger partial charge is 0.228 e. The number of ether oxygens (including phenoxy) is 2. The van der Waals surface area contributed by atoms with Crippen LogP contribution in [0.3, 0.4) is 0 Å². The average molecular weight is 440 g/mol. The second-order valence-corrected chi connectivity index (χ2v) is 8.60. The molecule has 0 bridgehead atoms. The van der Waals surface area contributed by atoms with Crippen LogP contribution in [0.5, 0.6) is 0 Å². The Morgan fingerprint density at radius 2 is 1.71 bits per heavy atom. The quantitative estimate of drug-likeness (QED) is 0.636. The van der Waals surface area contributed by atoms with Crippen molar-refractivity contribution in [2.24, 2.45) is 10.8 Å². The van der Waals surface area contributed by atoms with E-state index >= 15 is 0 Å². The minimum absolute atomic E-state index is 0. The van der Waals surface area contributed by atoms with E-state index in [1.165, 1.54) is 32.1 Å². The van der Waals surface area contributed by atoms with E-state index in [1.54, 1.807) is 7.11 Å². The van der Waals surface area contributed by atoms with Crippen LogP contribution < -0.4 is 10.6 Å². The Hall–Kier alpha value is -0.110. The van der Waals surface area contributed by atoms with E-state index in [2.05, 4.69) is 15.5 Å². The zero-order valence-corrected chi connectivity index (χ0v) is 18.9. The normalized spacial score (nSPS) is 24.5. The molecule has 2 aliphatic heterocycles. The van der Waals surface area contributed by atoms with E-state index in [-0.39, 0.29) is 41.6 Å². The highest BCUT2D eigenvalue weighted by Crippen LogP contribution is 2.37. The second kappa shape index (κ2) is 12.6. The van der Waals surface area contributed by atoms with Crippen molar-refractivity contribution in [1.29, 1.82) is 0 Å². The molecule has 0 aromatic rings. The van der Waals surface area contributed by atoms with Gasteiger partial charge < -0.3 is 20.1 Å². The van der Waals surface area contributed by atoms with Gasteiger partial charge in [-0.15, -0.1) is 24.8 Å². The first kappa shape index (κ1) is 25.9. The molecule has 1 aliphatic carbocycles. The first-order valence-corrected chi connectivity index (χ1v) is 10.5. The Balaban J connectivity index is 0.00000196. The molecule has 0 spiro atoms. The molecule has 28 heavy (non-hydrogen) atoms. The summed E-state index contributed by atoms with van der Waals surface area (Å²) in [5, 5.41) is 6.74. The van der Waals surface area contributed by atoms with Crippen LogP contribution in [0.2, 0.25) is 0 Å². The second-order valence-electron chi connectivity index (χ2n) is 8.60. The van der Waals surface area contributed by atoms with E-state index < -0.39 is 0 Å². The van der Waals surface area contributed by atoms with Crippen LogP contribution in [0, 0.1) is 10.8 Å². The number of morpholine rings is 1. The molecule has 166 valence electrons. The lowest BCUT2D eigenvalue weighted by molar-refractivity contribution is -0.137. The van der Waals surface area contributed by atoms with E-state index in [9.17, 15) is 4.79 Å². The van der Waals surface area contributed by atoms with Crippen LogP contribution in [0.4, 0.5) is 0 Å². The van der Waals surface area contributed by atoms with E-state index in [0.29, 0.717) is 6.61 Å². The van der Waals surface area contributed by atoms with Gasteiger partial charge in [0.25, 0.3) is 0 Å². The Morgan fingerprint density at radius 3 is 2.32 bits per heavy atom. The lowest BCUT2D eigenvalue weighted by Crippen LogP contribution is -2.54. The molecule has 0 unspecified atom stereocenters. The topological polar surface area (TPSA) is 62.8 Å². The number of halogens is 2. The van der Waals surface area contributed by atoms with E-state index in [0.717, 1.165) is 65.3 Å². The lowest BCUT2D eigenvalue weighted by Gasteiger charge is -2.43. The third kappa shape index (κ3) is 6.71. The molecular formula is C20H39Cl2N3O3. The van der Waals surface area contributed by atoms with Crippen molar-refractivity contribution in [3.63, 3.8) is 0 Å². The first-order valence-electron chi connectivity index (χ1n) is 10.5. The molecule has 0 aromatic heterocycles. The Bertz CT molecular complexity index is 444. The van der Waals surface area contributed by atoms with Crippen molar-refractivity contribution >= 4 is 30.7 Å². The fourth-order valence-corrected chi connectivity index (χ4v) is 5.00. The third-order valence-electron chi connectivity index (χ3n) is 6.66. The van der Waals surface area contributed by atoms with Gasteiger partial charge in [0.15, 0.2) is 0 Å². The standard InChI is InChI=1S/C20H37N3O3.2ClH/c1-25-17-20(7-9-21-10-8-20)18(24)22-15-19(5-3-2-4-6-19)16-23-11-13-26-14-12-23;;/h21H,2-17H2,1H3,(H,22,24);2*1H. The summed E-state index contributed by atoms with van der Waals surface area (Å²) in [4.78, 5) is 15.7. The SMILES string of the molecule is COCC1(C(=O)NCC2(CN3CCOCC3)CCCCC2)CCNCC1.Cl.Cl. The Kier molecular flexibility index (Phi) is 11.6. The molecule has 1 saturated carbocycles. The summed E-state index contributed by atoms with van der Waals surface area (Å²) >= 11 is 0. The molecule has 0 aromatic carbocycles. The van der Waals surface area contributed by atoms with Gasteiger partial charge in [0, 0.05) is 38.7 Å². The van der Waals surface area contributed by atoms with Crippen LogP contribution in [-0.2, 0) is 14.3 Å². The molecule has 6 nitrogen and oxygen atoms in total. The molecule has 0 atom stereocenters. The highest BCUT2D eigenvalue weighted by Gasteiger charge is 2.41.